The minimum atomic E-state index is 0.561. The van der Waals surface area contributed by atoms with E-state index in [-0.39, 0.29) is 0 Å². The Kier molecular flexibility index (Phi) is 3.79. The minimum Gasteiger partial charge on any atom is -0.497 e. The van der Waals surface area contributed by atoms with Crippen molar-refractivity contribution in [2.24, 2.45) is 0 Å². The molecule has 1 N–H and O–H groups in total. The molecule has 0 bridgehead atoms. The van der Waals surface area contributed by atoms with Gasteiger partial charge in [-0.15, -0.1) is 0 Å². The van der Waals surface area contributed by atoms with Gasteiger partial charge in [-0.1, -0.05) is 24.3 Å². The summed E-state index contributed by atoms with van der Waals surface area (Å²) < 4.78 is 10.1. The monoisotopic (exact) mass is 300 g/mol. The average molecular weight is 301 g/mol. The fourth-order valence-electron chi connectivity index (χ4n) is 2.12. The smallest absolute Gasteiger partial charge is 0.157 e. The van der Waals surface area contributed by atoms with Gasteiger partial charge in [-0.3, -0.25) is 0 Å². The summed E-state index contributed by atoms with van der Waals surface area (Å²) in [5.74, 6) is 2.06. The number of aromatic amines is 1. The Morgan fingerprint density at radius 2 is 1.95 bits per heavy atom. The number of para-hydroxylation sites is 1. The van der Waals surface area contributed by atoms with Crippen molar-refractivity contribution in [1.82, 2.24) is 9.97 Å². The van der Waals surface area contributed by atoms with E-state index in [0.717, 1.165) is 22.6 Å². The van der Waals surface area contributed by atoms with E-state index in [9.17, 15) is 0 Å². The summed E-state index contributed by atoms with van der Waals surface area (Å²) in [6, 6.07) is 15.2. The van der Waals surface area contributed by atoms with Crippen molar-refractivity contribution < 1.29 is 9.03 Å². The van der Waals surface area contributed by atoms with Crippen molar-refractivity contribution in [1.29, 1.82) is 0 Å². The molecule has 1 heterocycles. The highest BCUT2D eigenvalue weighted by molar-refractivity contribution is 6.09. The van der Waals surface area contributed by atoms with Crippen LogP contribution < -0.4 is 9.03 Å². The Labute approximate surface area is 127 Å². The van der Waals surface area contributed by atoms with Crippen LogP contribution in [0.4, 0.5) is 0 Å². The normalized spacial score (nSPS) is 10.4. The van der Waals surface area contributed by atoms with E-state index in [4.69, 9.17) is 20.9 Å². The van der Waals surface area contributed by atoms with Crippen LogP contribution in [0.1, 0.15) is 0 Å². The molecule has 0 fully saturated rings. The number of aromatic nitrogens is 2. The van der Waals surface area contributed by atoms with Crippen molar-refractivity contribution in [3.63, 3.8) is 0 Å². The summed E-state index contributed by atoms with van der Waals surface area (Å²) in [4.78, 5) is 7.66. The van der Waals surface area contributed by atoms with Crippen LogP contribution in [-0.2, 0) is 0 Å². The molecule has 0 aliphatic carbocycles. The van der Waals surface area contributed by atoms with Crippen LogP contribution in [0.2, 0.25) is 0 Å². The fourth-order valence-corrected chi connectivity index (χ4v) is 2.26. The maximum Gasteiger partial charge on any atom is 0.157 e. The van der Waals surface area contributed by atoms with Gasteiger partial charge in [-0.2, -0.15) is 0 Å². The van der Waals surface area contributed by atoms with Gasteiger partial charge in [-0.25, -0.2) is 4.98 Å². The van der Waals surface area contributed by atoms with Gasteiger partial charge in [0.1, 0.15) is 23.4 Å². The standard InChI is InChI=1S/C16H13ClN2O2/c1-20-12-6-4-5-11(9-12)14-10-18-16(19-14)13-7-2-3-8-15(13)21-17/h2-10H,1H3,(H,18,19). The molecule has 0 saturated heterocycles. The first kappa shape index (κ1) is 13.5. The molecule has 2 aromatic carbocycles. The third-order valence-electron chi connectivity index (χ3n) is 3.18. The van der Waals surface area contributed by atoms with Gasteiger partial charge >= 0.3 is 0 Å². The first-order valence-electron chi connectivity index (χ1n) is 6.39. The number of nitrogens with zero attached hydrogens (tertiary/aromatic N) is 1. The van der Waals surface area contributed by atoms with E-state index in [1.54, 1.807) is 19.4 Å². The molecular weight excluding hydrogens is 288 g/mol. The van der Waals surface area contributed by atoms with Crippen LogP contribution in [0.3, 0.4) is 0 Å². The zero-order valence-corrected chi connectivity index (χ0v) is 12.1. The first-order valence-corrected chi connectivity index (χ1v) is 6.70. The number of methoxy groups -OCH3 is 1. The van der Waals surface area contributed by atoms with Gasteiger partial charge in [0.2, 0.25) is 0 Å². The quantitative estimate of drug-likeness (QED) is 0.782. The number of halogens is 1. The van der Waals surface area contributed by atoms with Gasteiger partial charge in [0, 0.05) is 5.56 Å². The number of imidazole rings is 1. The SMILES string of the molecule is COc1cccc(-c2cnc(-c3ccccc3OCl)[nH]2)c1. The van der Waals surface area contributed by atoms with E-state index in [2.05, 4.69) is 9.97 Å². The molecular formula is C16H13ClN2O2. The Hall–Kier alpha value is -2.46. The number of benzene rings is 2. The molecule has 5 heteroatoms. The Morgan fingerprint density at radius 1 is 1.10 bits per heavy atom. The molecule has 0 amide bonds. The molecule has 21 heavy (non-hydrogen) atoms. The average Bonchev–Trinajstić information content (AvgIpc) is 3.04. The van der Waals surface area contributed by atoms with Gasteiger partial charge in [0.15, 0.2) is 5.75 Å². The lowest BCUT2D eigenvalue weighted by Crippen LogP contribution is -1.86. The fraction of sp³-hybridized carbons (Fsp3) is 0.0625. The summed E-state index contributed by atoms with van der Waals surface area (Å²) in [5, 5.41) is 0. The molecule has 0 spiro atoms. The second kappa shape index (κ2) is 5.89. The predicted molar refractivity (Wildman–Crippen MR) is 82.5 cm³/mol. The Morgan fingerprint density at radius 3 is 2.76 bits per heavy atom. The van der Waals surface area contributed by atoms with Gasteiger partial charge in [0.05, 0.1) is 24.6 Å². The van der Waals surface area contributed by atoms with E-state index in [1.165, 1.54) is 0 Å². The van der Waals surface area contributed by atoms with E-state index in [1.807, 2.05) is 42.5 Å². The molecule has 0 unspecified atom stereocenters. The lowest BCUT2D eigenvalue weighted by molar-refractivity contribution is 0.415. The molecule has 4 nitrogen and oxygen atoms in total. The highest BCUT2D eigenvalue weighted by atomic mass is 35.5. The van der Waals surface area contributed by atoms with Crippen LogP contribution in [0.15, 0.2) is 54.7 Å². The third kappa shape index (κ3) is 2.71. The predicted octanol–water partition coefficient (Wildman–Crippen LogP) is 4.28. The van der Waals surface area contributed by atoms with Crippen LogP contribution in [0, 0.1) is 0 Å². The molecule has 0 aliphatic heterocycles. The van der Waals surface area contributed by atoms with Crippen LogP contribution in [0.25, 0.3) is 22.6 Å². The number of nitrogens with one attached hydrogen (secondary N) is 1. The number of ether oxygens (including phenoxy) is 1. The summed E-state index contributed by atoms with van der Waals surface area (Å²) in [5.41, 5.74) is 2.70. The number of H-pyrrole nitrogens is 1. The van der Waals surface area contributed by atoms with Crippen molar-refractivity contribution in [2.45, 2.75) is 0 Å². The second-order valence-electron chi connectivity index (χ2n) is 4.45. The maximum atomic E-state index is 5.49. The zero-order chi connectivity index (χ0) is 14.7. The second-order valence-corrected chi connectivity index (χ2v) is 4.61. The van der Waals surface area contributed by atoms with E-state index >= 15 is 0 Å². The summed E-state index contributed by atoms with van der Waals surface area (Å²) >= 11 is 5.49. The molecule has 0 aliphatic rings. The topological polar surface area (TPSA) is 47.1 Å². The van der Waals surface area contributed by atoms with Crippen LogP contribution >= 0.6 is 11.9 Å². The first-order chi connectivity index (χ1) is 10.3. The van der Waals surface area contributed by atoms with Crippen LogP contribution in [0.5, 0.6) is 11.5 Å². The number of rotatable bonds is 4. The molecule has 3 aromatic rings. The van der Waals surface area contributed by atoms with Crippen molar-refractivity contribution >= 4 is 11.9 Å². The molecule has 0 saturated carbocycles. The molecule has 0 radical (unpaired) electrons. The van der Waals surface area contributed by atoms with E-state index < -0.39 is 0 Å². The molecule has 1 aromatic heterocycles. The Balaban J connectivity index is 1.99. The highest BCUT2D eigenvalue weighted by Gasteiger charge is 2.10. The van der Waals surface area contributed by atoms with Crippen molar-refractivity contribution in [3.8, 4) is 34.1 Å². The number of hydrogen-bond donors (Lipinski definition) is 1. The van der Waals surface area contributed by atoms with E-state index in [0.29, 0.717) is 11.6 Å². The molecule has 106 valence electrons. The van der Waals surface area contributed by atoms with Crippen molar-refractivity contribution in [3.05, 3.63) is 54.7 Å². The highest BCUT2D eigenvalue weighted by Crippen LogP contribution is 2.30. The van der Waals surface area contributed by atoms with Gasteiger partial charge < -0.3 is 14.0 Å². The summed E-state index contributed by atoms with van der Waals surface area (Å²) in [6.07, 6.45) is 1.77. The summed E-state index contributed by atoms with van der Waals surface area (Å²) in [6.45, 7) is 0. The third-order valence-corrected chi connectivity index (χ3v) is 3.35. The van der Waals surface area contributed by atoms with Gasteiger partial charge in [-0.05, 0) is 24.3 Å². The Bertz CT molecular complexity index is 755. The lowest BCUT2D eigenvalue weighted by atomic mass is 10.1. The lowest BCUT2D eigenvalue weighted by Gasteiger charge is -2.03. The largest absolute Gasteiger partial charge is 0.497 e. The molecule has 0 atom stereocenters. The van der Waals surface area contributed by atoms with Crippen molar-refractivity contribution in [2.75, 3.05) is 7.11 Å². The zero-order valence-electron chi connectivity index (χ0n) is 11.3. The maximum absolute atomic E-state index is 5.49. The number of hydrogen-bond acceptors (Lipinski definition) is 3. The summed E-state index contributed by atoms with van der Waals surface area (Å²) in [7, 11) is 1.64. The minimum absolute atomic E-state index is 0.561. The molecule has 3 rings (SSSR count). The van der Waals surface area contributed by atoms with Gasteiger partial charge in [0.25, 0.3) is 0 Å². The van der Waals surface area contributed by atoms with Crippen LogP contribution in [-0.4, -0.2) is 17.1 Å².